The molecule has 2 N–H and O–H groups in total. The van der Waals surface area contributed by atoms with Gasteiger partial charge in [0.15, 0.2) is 5.96 Å². The Morgan fingerprint density at radius 3 is 2.57 bits per heavy atom. The minimum absolute atomic E-state index is 0.169. The molecule has 0 fully saturated rings. The molecule has 2 aromatic rings. The van der Waals surface area contributed by atoms with Gasteiger partial charge in [-0.15, -0.1) is 11.3 Å². The molecule has 2 rings (SSSR count). The van der Waals surface area contributed by atoms with Gasteiger partial charge in [-0.05, 0) is 41.6 Å². The normalized spacial score (nSPS) is 13.0. The highest BCUT2D eigenvalue weighted by molar-refractivity contribution is 7.10. The number of methoxy groups -OCH3 is 1. The van der Waals surface area contributed by atoms with Crippen molar-refractivity contribution in [2.45, 2.75) is 19.6 Å². The van der Waals surface area contributed by atoms with E-state index in [2.05, 4.69) is 34.0 Å². The number of aliphatic imine (C=N–C) groups is 1. The molecule has 124 valence electrons. The van der Waals surface area contributed by atoms with Crippen LogP contribution in [-0.2, 0) is 11.3 Å². The van der Waals surface area contributed by atoms with Gasteiger partial charge in [0.2, 0.25) is 0 Å². The highest BCUT2D eigenvalue weighted by atomic mass is 32.1. The first-order valence-corrected chi connectivity index (χ1v) is 8.27. The topological polar surface area (TPSA) is 45.7 Å². The number of ether oxygens (including phenoxy) is 1. The van der Waals surface area contributed by atoms with Crippen molar-refractivity contribution in [2.24, 2.45) is 4.99 Å². The van der Waals surface area contributed by atoms with Gasteiger partial charge in [0.05, 0.1) is 12.6 Å². The molecule has 4 nitrogen and oxygen atoms in total. The minimum Gasteiger partial charge on any atom is -0.375 e. The molecule has 1 atom stereocenters. The van der Waals surface area contributed by atoms with E-state index in [0.717, 1.165) is 12.1 Å². The number of halogens is 1. The number of guanidine groups is 1. The summed E-state index contributed by atoms with van der Waals surface area (Å²) in [4.78, 5) is 5.50. The number of thiophene rings is 1. The van der Waals surface area contributed by atoms with Crippen molar-refractivity contribution in [3.63, 3.8) is 0 Å². The van der Waals surface area contributed by atoms with E-state index in [4.69, 9.17) is 4.74 Å². The van der Waals surface area contributed by atoms with Crippen LogP contribution in [0.3, 0.4) is 0 Å². The van der Waals surface area contributed by atoms with Crippen LogP contribution in [0.5, 0.6) is 0 Å². The second-order valence-corrected chi connectivity index (χ2v) is 6.11. The van der Waals surface area contributed by atoms with E-state index in [9.17, 15) is 4.39 Å². The fourth-order valence-corrected chi connectivity index (χ4v) is 3.02. The number of rotatable bonds is 6. The van der Waals surface area contributed by atoms with Gasteiger partial charge in [-0.25, -0.2) is 4.39 Å². The smallest absolute Gasteiger partial charge is 0.191 e. The Balaban J connectivity index is 1.88. The predicted molar refractivity (Wildman–Crippen MR) is 93.4 cm³/mol. The predicted octanol–water partition coefficient (Wildman–Crippen LogP) is 3.25. The molecule has 1 unspecified atom stereocenters. The molecule has 0 spiro atoms. The van der Waals surface area contributed by atoms with E-state index >= 15 is 0 Å². The molecule has 0 bridgehead atoms. The van der Waals surface area contributed by atoms with Crippen molar-refractivity contribution in [3.8, 4) is 0 Å². The zero-order valence-electron chi connectivity index (χ0n) is 13.6. The van der Waals surface area contributed by atoms with Gasteiger partial charge >= 0.3 is 0 Å². The summed E-state index contributed by atoms with van der Waals surface area (Å²) >= 11 is 1.72. The molecule has 1 heterocycles. The lowest BCUT2D eigenvalue weighted by molar-refractivity contribution is 0.106. The fourth-order valence-electron chi connectivity index (χ4n) is 2.17. The Kier molecular flexibility index (Phi) is 6.55. The maximum atomic E-state index is 13.0. The Morgan fingerprint density at radius 2 is 2.00 bits per heavy atom. The van der Waals surface area contributed by atoms with E-state index in [1.54, 1.807) is 37.6 Å². The third-order valence-electron chi connectivity index (χ3n) is 3.59. The number of nitrogens with one attached hydrogen (secondary N) is 2. The van der Waals surface area contributed by atoms with Crippen LogP contribution < -0.4 is 10.6 Å². The molecule has 0 amide bonds. The summed E-state index contributed by atoms with van der Waals surface area (Å²) in [6.45, 7) is 3.38. The second-order valence-electron chi connectivity index (χ2n) is 5.11. The molecule has 0 aliphatic heterocycles. The molecular formula is C17H22FN3OS. The van der Waals surface area contributed by atoms with Crippen molar-refractivity contribution < 1.29 is 9.13 Å². The lowest BCUT2D eigenvalue weighted by Crippen LogP contribution is -2.39. The van der Waals surface area contributed by atoms with Crippen LogP contribution in [0.2, 0.25) is 0 Å². The molecule has 0 aliphatic carbocycles. The summed E-state index contributed by atoms with van der Waals surface area (Å²) in [5, 5.41) is 8.61. The summed E-state index contributed by atoms with van der Waals surface area (Å²) in [7, 11) is 3.37. The summed E-state index contributed by atoms with van der Waals surface area (Å²) in [6, 6.07) is 8.45. The highest BCUT2D eigenvalue weighted by Crippen LogP contribution is 2.16. The van der Waals surface area contributed by atoms with E-state index in [1.807, 2.05) is 0 Å². The first-order chi connectivity index (χ1) is 11.1. The SMILES string of the molecule is CN=C(NCc1sccc1C)NCC(OC)c1ccc(F)cc1. The van der Waals surface area contributed by atoms with Crippen LogP contribution >= 0.6 is 11.3 Å². The number of benzene rings is 1. The van der Waals surface area contributed by atoms with Gasteiger partial charge in [0, 0.05) is 25.6 Å². The first-order valence-electron chi connectivity index (χ1n) is 7.39. The fraction of sp³-hybridized carbons (Fsp3) is 0.353. The van der Waals surface area contributed by atoms with Crippen molar-refractivity contribution in [1.29, 1.82) is 0 Å². The number of nitrogens with zero attached hydrogens (tertiary/aromatic N) is 1. The van der Waals surface area contributed by atoms with Crippen LogP contribution in [0.4, 0.5) is 4.39 Å². The molecule has 6 heteroatoms. The largest absolute Gasteiger partial charge is 0.375 e. The molecule has 1 aromatic heterocycles. The minimum atomic E-state index is -0.250. The maximum absolute atomic E-state index is 13.0. The van der Waals surface area contributed by atoms with Gasteiger partial charge in [-0.2, -0.15) is 0 Å². The van der Waals surface area contributed by atoms with Crippen molar-refractivity contribution in [1.82, 2.24) is 10.6 Å². The summed E-state index contributed by atoms with van der Waals surface area (Å²) < 4.78 is 18.5. The lowest BCUT2D eigenvalue weighted by atomic mass is 10.1. The van der Waals surface area contributed by atoms with Crippen LogP contribution in [-0.4, -0.2) is 26.7 Å². The maximum Gasteiger partial charge on any atom is 0.191 e. The summed E-state index contributed by atoms with van der Waals surface area (Å²) in [6.07, 6.45) is -0.169. The zero-order valence-corrected chi connectivity index (χ0v) is 14.4. The molecule has 0 radical (unpaired) electrons. The Morgan fingerprint density at radius 1 is 1.26 bits per heavy atom. The standard InChI is InChI=1S/C17H22FN3OS/c1-12-8-9-23-16(12)11-21-17(19-2)20-10-15(22-3)13-4-6-14(18)7-5-13/h4-9,15H,10-11H2,1-3H3,(H2,19,20,21). The van der Waals surface area contributed by atoms with Gasteiger partial charge in [-0.3, -0.25) is 4.99 Å². The van der Waals surface area contributed by atoms with Crippen LogP contribution in [0.15, 0.2) is 40.7 Å². The number of hydrogen-bond acceptors (Lipinski definition) is 3. The zero-order chi connectivity index (χ0) is 16.7. The van der Waals surface area contributed by atoms with Gasteiger partial charge in [0.1, 0.15) is 5.82 Å². The number of aryl methyl sites for hydroxylation is 1. The molecule has 0 aliphatic rings. The summed E-state index contributed by atoms with van der Waals surface area (Å²) in [5.74, 6) is 0.460. The Labute approximate surface area is 140 Å². The summed E-state index contributed by atoms with van der Waals surface area (Å²) in [5.41, 5.74) is 2.20. The van der Waals surface area contributed by atoms with E-state index in [0.29, 0.717) is 12.5 Å². The van der Waals surface area contributed by atoms with Gasteiger partial charge in [0.25, 0.3) is 0 Å². The van der Waals surface area contributed by atoms with E-state index < -0.39 is 0 Å². The Bertz CT molecular complexity index is 640. The number of hydrogen-bond donors (Lipinski definition) is 2. The quantitative estimate of drug-likeness (QED) is 0.629. The van der Waals surface area contributed by atoms with Crippen LogP contribution in [0.25, 0.3) is 0 Å². The Hall–Kier alpha value is -1.92. The molecule has 1 aromatic carbocycles. The van der Waals surface area contributed by atoms with E-state index in [-0.39, 0.29) is 11.9 Å². The molecule has 0 saturated heterocycles. The van der Waals surface area contributed by atoms with Crippen molar-refractivity contribution in [2.75, 3.05) is 20.7 Å². The highest BCUT2D eigenvalue weighted by Gasteiger charge is 2.11. The van der Waals surface area contributed by atoms with Crippen LogP contribution in [0.1, 0.15) is 22.1 Å². The van der Waals surface area contributed by atoms with Crippen LogP contribution in [0, 0.1) is 12.7 Å². The average molecular weight is 335 g/mol. The average Bonchev–Trinajstić information content (AvgIpc) is 2.97. The molecular weight excluding hydrogens is 313 g/mol. The van der Waals surface area contributed by atoms with Crippen molar-refractivity contribution in [3.05, 3.63) is 57.5 Å². The third-order valence-corrected chi connectivity index (χ3v) is 4.61. The van der Waals surface area contributed by atoms with Gasteiger partial charge < -0.3 is 15.4 Å². The lowest BCUT2D eigenvalue weighted by Gasteiger charge is -2.18. The molecule has 0 saturated carbocycles. The molecule has 23 heavy (non-hydrogen) atoms. The second kappa shape index (κ2) is 8.64. The van der Waals surface area contributed by atoms with Gasteiger partial charge in [-0.1, -0.05) is 12.1 Å². The monoisotopic (exact) mass is 335 g/mol. The van der Waals surface area contributed by atoms with Crippen molar-refractivity contribution >= 4 is 17.3 Å². The van der Waals surface area contributed by atoms with E-state index in [1.165, 1.54) is 22.6 Å². The first kappa shape index (κ1) is 17.4. The third kappa shape index (κ3) is 5.04.